The van der Waals surface area contributed by atoms with Crippen molar-refractivity contribution in [1.82, 2.24) is 20.2 Å². The highest BCUT2D eigenvalue weighted by Gasteiger charge is 2.18. The number of nitrogens with zero attached hydrogens (tertiary/aromatic N) is 3. The van der Waals surface area contributed by atoms with E-state index >= 15 is 0 Å². The van der Waals surface area contributed by atoms with Crippen LogP contribution in [0.5, 0.6) is 0 Å². The van der Waals surface area contributed by atoms with E-state index in [1.807, 2.05) is 23.6 Å². The van der Waals surface area contributed by atoms with Gasteiger partial charge in [0, 0.05) is 24.2 Å². The topological polar surface area (TPSA) is 58.1 Å². The molecule has 2 aromatic rings. The second kappa shape index (κ2) is 9.06. The molecule has 134 valence electrons. The molecule has 0 bridgehead atoms. The molecule has 6 heteroatoms. The van der Waals surface area contributed by atoms with Gasteiger partial charge in [-0.15, -0.1) is 11.3 Å². The van der Waals surface area contributed by atoms with E-state index in [9.17, 15) is 4.79 Å². The first kappa shape index (κ1) is 18.0. The van der Waals surface area contributed by atoms with Crippen LogP contribution < -0.4 is 5.32 Å². The van der Waals surface area contributed by atoms with Crippen molar-refractivity contribution in [3.05, 3.63) is 35.5 Å². The third-order valence-electron chi connectivity index (χ3n) is 4.56. The number of thiazole rings is 1. The molecule has 1 aliphatic rings. The minimum absolute atomic E-state index is 0.0572. The predicted octanol–water partition coefficient (Wildman–Crippen LogP) is 3.13. The number of pyridine rings is 1. The largest absolute Gasteiger partial charge is 0.352 e. The highest BCUT2D eigenvalue weighted by Crippen LogP contribution is 2.21. The van der Waals surface area contributed by atoms with Crippen LogP contribution in [-0.4, -0.2) is 46.5 Å². The standard InChI is InChI=1S/C19H26N4OS/c1-2-15(13-23-10-6-3-7-11-23)21-18(24)12-16-14-25-19(22-16)17-8-4-5-9-20-17/h4-5,8-9,14-15H,2-3,6-7,10-13H2,1H3,(H,21,24)/t15-/m0/s1. The quantitative estimate of drug-likeness (QED) is 0.826. The Labute approximate surface area is 153 Å². The number of amides is 1. The van der Waals surface area contributed by atoms with E-state index in [1.165, 1.54) is 30.6 Å². The number of aromatic nitrogens is 2. The molecule has 0 radical (unpaired) electrons. The number of hydrogen-bond donors (Lipinski definition) is 1. The van der Waals surface area contributed by atoms with Gasteiger partial charge < -0.3 is 10.2 Å². The van der Waals surface area contributed by atoms with Gasteiger partial charge in [0.2, 0.25) is 5.91 Å². The Kier molecular flexibility index (Phi) is 6.53. The van der Waals surface area contributed by atoms with Gasteiger partial charge in [-0.2, -0.15) is 0 Å². The molecule has 1 saturated heterocycles. The van der Waals surface area contributed by atoms with Gasteiger partial charge in [0.1, 0.15) is 5.01 Å². The average molecular weight is 359 g/mol. The summed E-state index contributed by atoms with van der Waals surface area (Å²) in [7, 11) is 0. The second-order valence-corrected chi connectivity index (χ2v) is 7.43. The van der Waals surface area contributed by atoms with Gasteiger partial charge >= 0.3 is 0 Å². The number of carbonyl (C=O) groups excluding carboxylic acids is 1. The van der Waals surface area contributed by atoms with Gasteiger partial charge in [0.15, 0.2) is 0 Å². The Balaban J connectivity index is 1.52. The molecule has 0 aliphatic carbocycles. The number of hydrogen-bond acceptors (Lipinski definition) is 5. The van der Waals surface area contributed by atoms with Crippen molar-refractivity contribution in [3.63, 3.8) is 0 Å². The summed E-state index contributed by atoms with van der Waals surface area (Å²) in [6.07, 6.45) is 6.94. The van der Waals surface area contributed by atoms with E-state index in [4.69, 9.17) is 0 Å². The van der Waals surface area contributed by atoms with Gasteiger partial charge in [0.05, 0.1) is 17.8 Å². The molecule has 0 spiro atoms. The lowest BCUT2D eigenvalue weighted by Gasteiger charge is -2.30. The van der Waals surface area contributed by atoms with E-state index in [1.54, 1.807) is 6.20 Å². The molecule has 1 N–H and O–H groups in total. The molecule has 0 aromatic carbocycles. The number of carbonyl (C=O) groups is 1. The highest BCUT2D eigenvalue weighted by molar-refractivity contribution is 7.13. The molecule has 1 aliphatic heterocycles. The number of likely N-dealkylation sites (tertiary alicyclic amines) is 1. The van der Waals surface area contributed by atoms with Crippen LogP contribution in [0.15, 0.2) is 29.8 Å². The molecular formula is C19H26N4OS. The van der Waals surface area contributed by atoms with Gasteiger partial charge in [-0.1, -0.05) is 19.4 Å². The van der Waals surface area contributed by atoms with Crippen molar-refractivity contribution in [1.29, 1.82) is 0 Å². The van der Waals surface area contributed by atoms with Crippen molar-refractivity contribution < 1.29 is 4.79 Å². The Hall–Kier alpha value is -1.79. The molecule has 0 unspecified atom stereocenters. The summed E-state index contributed by atoms with van der Waals surface area (Å²) >= 11 is 1.54. The van der Waals surface area contributed by atoms with Crippen LogP contribution in [0.4, 0.5) is 0 Å². The van der Waals surface area contributed by atoms with Gasteiger partial charge in [0.25, 0.3) is 0 Å². The zero-order valence-electron chi connectivity index (χ0n) is 14.8. The molecule has 1 fully saturated rings. The highest BCUT2D eigenvalue weighted by atomic mass is 32.1. The minimum atomic E-state index is 0.0572. The summed E-state index contributed by atoms with van der Waals surface area (Å²) in [5.41, 5.74) is 1.67. The summed E-state index contributed by atoms with van der Waals surface area (Å²) in [5.74, 6) is 0.0572. The Morgan fingerprint density at radius 3 is 2.88 bits per heavy atom. The fraction of sp³-hybridized carbons (Fsp3) is 0.526. The van der Waals surface area contributed by atoms with Crippen molar-refractivity contribution in [3.8, 4) is 10.7 Å². The van der Waals surface area contributed by atoms with Crippen molar-refractivity contribution >= 4 is 17.2 Å². The number of piperidine rings is 1. The van der Waals surface area contributed by atoms with E-state index < -0.39 is 0 Å². The third kappa shape index (κ3) is 5.34. The smallest absolute Gasteiger partial charge is 0.226 e. The molecule has 5 nitrogen and oxygen atoms in total. The summed E-state index contributed by atoms with van der Waals surface area (Å²) in [4.78, 5) is 23.7. The molecule has 2 aromatic heterocycles. The van der Waals surface area contributed by atoms with Crippen LogP contribution in [0, 0.1) is 0 Å². The van der Waals surface area contributed by atoms with Gasteiger partial charge in [-0.25, -0.2) is 4.98 Å². The summed E-state index contributed by atoms with van der Waals surface area (Å²) in [6, 6.07) is 6.00. The van der Waals surface area contributed by atoms with Crippen LogP contribution in [-0.2, 0) is 11.2 Å². The maximum absolute atomic E-state index is 12.4. The molecule has 3 rings (SSSR count). The zero-order valence-corrected chi connectivity index (χ0v) is 15.6. The second-order valence-electron chi connectivity index (χ2n) is 6.57. The molecule has 1 atom stereocenters. The maximum Gasteiger partial charge on any atom is 0.226 e. The van der Waals surface area contributed by atoms with Crippen LogP contribution in [0.3, 0.4) is 0 Å². The maximum atomic E-state index is 12.4. The van der Waals surface area contributed by atoms with Crippen LogP contribution >= 0.6 is 11.3 Å². The normalized spacial score (nSPS) is 16.5. The first-order chi connectivity index (χ1) is 12.2. The van der Waals surface area contributed by atoms with Crippen molar-refractivity contribution in [2.45, 2.75) is 45.1 Å². The average Bonchev–Trinajstić information content (AvgIpc) is 3.11. The summed E-state index contributed by atoms with van der Waals surface area (Å²) in [5, 5.41) is 6.00. The number of nitrogens with one attached hydrogen (secondary N) is 1. The van der Waals surface area contributed by atoms with Crippen LogP contribution in [0.2, 0.25) is 0 Å². The lowest BCUT2D eigenvalue weighted by atomic mass is 10.1. The van der Waals surface area contributed by atoms with Crippen molar-refractivity contribution in [2.24, 2.45) is 0 Å². The third-order valence-corrected chi connectivity index (χ3v) is 5.48. The van der Waals surface area contributed by atoms with Crippen molar-refractivity contribution in [2.75, 3.05) is 19.6 Å². The van der Waals surface area contributed by atoms with Crippen LogP contribution in [0.1, 0.15) is 38.3 Å². The van der Waals surface area contributed by atoms with E-state index in [2.05, 4.69) is 27.1 Å². The fourth-order valence-electron chi connectivity index (χ4n) is 3.17. The molecule has 0 saturated carbocycles. The minimum Gasteiger partial charge on any atom is -0.352 e. The first-order valence-corrected chi connectivity index (χ1v) is 10.00. The Morgan fingerprint density at radius 1 is 1.32 bits per heavy atom. The van der Waals surface area contributed by atoms with E-state index in [0.29, 0.717) is 6.42 Å². The molecule has 25 heavy (non-hydrogen) atoms. The lowest BCUT2D eigenvalue weighted by Crippen LogP contribution is -2.45. The first-order valence-electron chi connectivity index (χ1n) is 9.12. The Morgan fingerprint density at radius 2 is 2.16 bits per heavy atom. The zero-order chi connectivity index (χ0) is 17.5. The van der Waals surface area contributed by atoms with E-state index in [-0.39, 0.29) is 11.9 Å². The molecule has 3 heterocycles. The SMILES string of the molecule is CC[C@@H](CN1CCCCC1)NC(=O)Cc1csc(-c2ccccn2)n1. The van der Waals surface area contributed by atoms with Gasteiger partial charge in [-0.05, 0) is 44.5 Å². The monoisotopic (exact) mass is 358 g/mol. The van der Waals surface area contributed by atoms with Gasteiger partial charge in [-0.3, -0.25) is 9.78 Å². The summed E-state index contributed by atoms with van der Waals surface area (Å²) < 4.78 is 0. The summed E-state index contributed by atoms with van der Waals surface area (Å²) in [6.45, 7) is 5.41. The van der Waals surface area contributed by atoms with E-state index in [0.717, 1.165) is 42.5 Å². The predicted molar refractivity (Wildman–Crippen MR) is 102 cm³/mol. The Bertz CT molecular complexity index is 667. The number of rotatable bonds is 7. The molecule has 1 amide bonds. The molecular weight excluding hydrogens is 332 g/mol. The lowest BCUT2D eigenvalue weighted by molar-refractivity contribution is -0.121. The fourth-order valence-corrected chi connectivity index (χ4v) is 3.96. The van der Waals surface area contributed by atoms with Crippen LogP contribution in [0.25, 0.3) is 10.7 Å².